The Kier molecular flexibility index (Phi) is 5.68. The Morgan fingerprint density at radius 2 is 2.05 bits per heavy atom. The van der Waals surface area contributed by atoms with Crippen molar-refractivity contribution in [1.82, 2.24) is 5.32 Å². The number of para-hydroxylation sites is 1. The van der Waals surface area contributed by atoms with E-state index in [2.05, 4.69) is 39.1 Å². The van der Waals surface area contributed by atoms with Crippen molar-refractivity contribution in [3.63, 3.8) is 0 Å². The molecule has 1 aromatic carbocycles. The van der Waals surface area contributed by atoms with Gasteiger partial charge in [0.25, 0.3) is 0 Å². The van der Waals surface area contributed by atoms with Gasteiger partial charge in [0.2, 0.25) is 0 Å². The van der Waals surface area contributed by atoms with Crippen LogP contribution in [-0.4, -0.2) is 13.2 Å². The molecule has 0 atom stereocenters. The number of fused-ring (bicyclic) bond motifs is 1. The SMILES string of the molecule is CCCOc1cccc2c(CC)c(CNCC(C)C)oc12. The number of hydrogen-bond acceptors (Lipinski definition) is 3. The van der Waals surface area contributed by atoms with Crippen molar-refractivity contribution >= 4 is 11.0 Å². The van der Waals surface area contributed by atoms with Gasteiger partial charge in [-0.3, -0.25) is 0 Å². The number of aryl methyl sites for hydroxylation is 1. The lowest BCUT2D eigenvalue weighted by atomic mass is 10.1. The van der Waals surface area contributed by atoms with E-state index in [4.69, 9.17) is 9.15 Å². The van der Waals surface area contributed by atoms with Gasteiger partial charge in [-0.15, -0.1) is 0 Å². The van der Waals surface area contributed by atoms with E-state index < -0.39 is 0 Å². The summed E-state index contributed by atoms with van der Waals surface area (Å²) in [6.07, 6.45) is 1.98. The van der Waals surface area contributed by atoms with Crippen LogP contribution in [0, 0.1) is 5.92 Å². The second kappa shape index (κ2) is 7.51. The van der Waals surface area contributed by atoms with Gasteiger partial charge in [0.05, 0.1) is 13.2 Å². The first kappa shape index (κ1) is 15.9. The molecule has 0 bridgehead atoms. The second-order valence-electron chi connectivity index (χ2n) is 5.86. The maximum absolute atomic E-state index is 6.11. The molecule has 116 valence electrons. The monoisotopic (exact) mass is 289 g/mol. The van der Waals surface area contributed by atoms with Crippen molar-refractivity contribution in [3.05, 3.63) is 29.5 Å². The lowest BCUT2D eigenvalue weighted by molar-refractivity contribution is 0.315. The molecular formula is C18H27NO2. The molecule has 1 heterocycles. The average molecular weight is 289 g/mol. The van der Waals surface area contributed by atoms with Crippen LogP contribution in [0.25, 0.3) is 11.0 Å². The standard InChI is InChI=1S/C18H27NO2/c1-5-10-20-16-9-7-8-15-14(6-2)17(21-18(15)16)12-19-11-13(3)4/h7-9,13,19H,5-6,10-12H2,1-4H3. The van der Waals surface area contributed by atoms with Crippen LogP contribution in [0.15, 0.2) is 22.6 Å². The van der Waals surface area contributed by atoms with Crippen LogP contribution in [0.4, 0.5) is 0 Å². The van der Waals surface area contributed by atoms with E-state index in [1.165, 1.54) is 10.9 Å². The summed E-state index contributed by atoms with van der Waals surface area (Å²) in [6.45, 7) is 11.2. The molecule has 0 fully saturated rings. The highest BCUT2D eigenvalue weighted by atomic mass is 16.5. The van der Waals surface area contributed by atoms with E-state index in [1.807, 2.05) is 12.1 Å². The topological polar surface area (TPSA) is 34.4 Å². The fourth-order valence-corrected chi connectivity index (χ4v) is 2.52. The lowest BCUT2D eigenvalue weighted by Gasteiger charge is -2.06. The number of ether oxygens (including phenoxy) is 1. The van der Waals surface area contributed by atoms with Crippen LogP contribution in [0.5, 0.6) is 5.75 Å². The highest BCUT2D eigenvalue weighted by molar-refractivity contribution is 5.87. The summed E-state index contributed by atoms with van der Waals surface area (Å²) in [6, 6.07) is 6.17. The number of nitrogens with one attached hydrogen (secondary N) is 1. The van der Waals surface area contributed by atoms with Gasteiger partial charge >= 0.3 is 0 Å². The highest BCUT2D eigenvalue weighted by Gasteiger charge is 2.15. The minimum atomic E-state index is 0.642. The zero-order valence-electron chi connectivity index (χ0n) is 13.7. The number of rotatable bonds is 8. The first-order valence-electron chi connectivity index (χ1n) is 8.04. The van der Waals surface area contributed by atoms with Gasteiger partial charge in [-0.25, -0.2) is 0 Å². The molecule has 0 amide bonds. The van der Waals surface area contributed by atoms with Gasteiger partial charge in [0, 0.05) is 10.9 Å². The summed E-state index contributed by atoms with van der Waals surface area (Å²) in [5, 5.41) is 4.65. The molecule has 3 nitrogen and oxygen atoms in total. The van der Waals surface area contributed by atoms with Gasteiger partial charge in [-0.2, -0.15) is 0 Å². The normalized spacial score (nSPS) is 11.5. The molecule has 1 N–H and O–H groups in total. The second-order valence-corrected chi connectivity index (χ2v) is 5.86. The molecule has 0 radical (unpaired) electrons. The van der Waals surface area contributed by atoms with Crippen molar-refractivity contribution < 1.29 is 9.15 Å². The Balaban J connectivity index is 2.28. The molecule has 2 aromatic rings. The quantitative estimate of drug-likeness (QED) is 0.775. The Morgan fingerprint density at radius 1 is 1.24 bits per heavy atom. The zero-order chi connectivity index (χ0) is 15.2. The van der Waals surface area contributed by atoms with Gasteiger partial charge in [-0.1, -0.05) is 39.8 Å². The first-order chi connectivity index (χ1) is 10.2. The summed E-state index contributed by atoms with van der Waals surface area (Å²) < 4.78 is 11.9. The third-order valence-corrected chi connectivity index (χ3v) is 3.52. The predicted molar refractivity (Wildman–Crippen MR) is 87.9 cm³/mol. The van der Waals surface area contributed by atoms with Crippen molar-refractivity contribution in [2.75, 3.05) is 13.2 Å². The average Bonchev–Trinajstić information content (AvgIpc) is 2.82. The van der Waals surface area contributed by atoms with E-state index in [0.717, 1.165) is 49.6 Å². The van der Waals surface area contributed by atoms with Crippen LogP contribution in [0.2, 0.25) is 0 Å². The van der Waals surface area contributed by atoms with E-state index in [1.54, 1.807) is 0 Å². The molecule has 3 heteroatoms. The van der Waals surface area contributed by atoms with Crippen LogP contribution in [-0.2, 0) is 13.0 Å². The van der Waals surface area contributed by atoms with Gasteiger partial charge < -0.3 is 14.5 Å². The molecule has 0 unspecified atom stereocenters. The summed E-state index contributed by atoms with van der Waals surface area (Å²) in [4.78, 5) is 0. The van der Waals surface area contributed by atoms with Crippen molar-refractivity contribution in [2.45, 2.75) is 47.1 Å². The maximum Gasteiger partial charge on any atom is 0.176 e. The largest absolute Gasteiger partial charge is 0.490 e. The van der Waals surface area contributed by atoms with Crippen LogP contribution < -0.4 is 10.1 Å². The van der Waals surface area contributed by atoms with Crippen molar-refractivity contribution in [1.29, 1.82) is 0 Å². The fraction of sp³-hybridized carbons (Fsp3) is 0.556. The number of furan rings is 1. The molecule has 0 saturated heterocycles. The molecule has 0 saturated carbocycles. The maximum atomic E-state index is 6.11. The van der Waals surface area contributed by atoms with Crippen LogP contribution in [0.1, 0.15) is 45.4 Å². The van der Waals surface area contributed by atoms with E-state index in [9.17, 15) is 0 Å². The predicted octanol–water partition coefficient (Wildman–Crippen LogP) is 4.53. The Bertz CT molecular complexity index is 572. The molecule has 1 aromatic heterocycles. The van der Waals surface area contributed by atoms with Crippen molar-refractivity contribution in [2.24, 2.45) is 5.92 Å². The van der Waals surface area contributed by atoms with E-state index in [0.29, 0.717) is 5.92 Å². The fourth-order valence-electron chi connectivity index (χ4n) is 2.52. The van der Waals surface area contributed by atoms with Gasteiger partial charge in [0.1, 0.15) is 5.76 Å². The molecule has 0 spiro atoms. The van der Waals surface area contributed by atoms with Crippen molar-refractivity contribution in [3.8, 4) is 5.75 Å². The summed E-state index contributed by atoms with van der Waals surface area (Å²) in [7, 11) is 0. The smallest absolute Gasteiger partial charge is 0.176 e. The summed E-state index contributed by atoms with van der Waals surface area (Å²) >= 11 is 0. The highest BCUT2D eigenvalue weighted by Crippen LogP contribution is 2.33. The molecule has 2 rings (SSSR count). The number of hydrogen-bond donors (Lipinski definition) is 1. The first-order valence-corrected chi connectivity index (χ1v) is 8.04. The summed E-state index contributed by atoms with van der Waals surface area (Å²) in [5.41, 5.74) is 2.19. The van der Waals surface area contributed by atoms with Gasteiger partial charge in [-0.05, 0) is 31.4 Å². The third-order valence-electron chi connectivity index (χ3n) is 3.52. The molecule has 21 heavy (non-hydrogen) atoms. The third kappa shape index (κ3) is 3.79. The molecule has 0 aliphatic rings. The minimum absolute atomic E-state index is 0.642. The zero-order valence-corrected chi connectivity index (χ0v) is 13.7. The Labute approximate surface area is 127 Å². The molecule has 0 aliphatic carbocycles. The molecule has 0 aliphatic heterocycles. The van der Waals surface area contributed by atoms with E-state index in [-0.39, 0.29) is 0 Å². The number of benzene rings is 1. The van der Waals surface area contributed by atoms with E-state index >= 15 is 0 Å². The Hall–Kier alpha value is -1.48. The van der Waals surface area contributed by atoms with Crippen LogP contribution >= 0.6 is 0 Å². The van der Waals surface area contributed by atoms with Crippen LogP contribution in [0.3, 0.4) is 0 Å². The van der Waals surface area contributed by atoms with Gasteiger partial charge in [0.15, 0.2) is 11.3 Å². The summed E-state index contributed by atoms with van der Waals surface area (Å²) in [5.74, 6) is 2.54. The minimum Gasteiger partial charge on any atom is -0.490 e. The molecular weight excluding hydrogens is 262 g/mol. The Morgan fingerprint density at radius 3 is 2.71 bits per heavy atom. The lowest BCUT2D eigenvalue weighted by Crippen LogP contribution is -2.19.